The van der Waals surface area contributed by atoms with E-state index in [0.717, 1.165) is 5.56 Å². The van der Waals surface area contributed by atoms with Crippen LogP contribution >= 0.6 is 0 Å². The summed E-state index contributed by atoms with van der Waals surface area (Å²) in [6.07, 6.45) is 0. The molecule has 0 aliphatic carbocycles. The largest absolute Gasteiger partial charge is 0.421 e. The number of carbonyl (C=O) groups excluding carboxylic acids is 2. The van der Waals surface area contributed by atoms with E-state index in [-0.39, 0.29) is 5.91 Å². The van der Waals surface area contributed by atoms with Crippen molar-refractivity contribution >= 4 is 17.6 Å². The Morgan fingerprint density at radius 2 is 1.65 bits per heavy atom. The van der Waals surface area contributed by atoms with Crippen LogP contribution < -0.4 is 10.1 Å². The van der Waals surface area contributed by atoms with Gasteiger partial charge in [-0.05, 0) is 30.7 Å². The van der Waals surface area contributed by atoms with Crippen LogP contribution in [0.5, 0.6) is 5.75 Å². The number of aryl methyl sites for hydroxylation is 1. The molecule has 4 nitrogen and oxygen atoms in total. The fourth-order valence-electron chi connectivity index (χ4n) is 1.81. The van der Waals surface area contributed by atoms with E-state index in [4.69, 9.17) is 4.74 Å². The number of ether oxygens (including phenoxy) is 1. The van der Waals surface area contributed by atoms with E-state index in [1.807, 2.05) is 19.1 Å². The molecule has 0 atom stereocenters. The molecule has 2 rings (SSSR count). The highest BCUT2D eigenvalue weighted by Gasteiger charge is 2.13. The van der Waals surface area contributed by atoms with Gasteiger partial charge in [-0.3, -0.25) is 4.79 Å². The molecule has 4 heteroatoms. The van der Waals surface area contributed by atoms with E-state index < -0.39 is 5.97 Å². The number of esters is 1. The van der Waals surface area contributed by atoms with Crippen LogP contribution in [-0.4, -0.2) is 11.9 Å². The minimum Gasteiger partial charge on any atom is -0.421 e. The Balaban J connectivity index is 2.24. The number of hydrogen-bond acceptors (Lipinski definition) is 3. The summed E-state index contributed by atoms with van der Waals surface area (Å²) >= 11 is 0. The number of amides is 1. The Bertz CT molecular complexity index is 650. The van der Waals surface area contributed by atoms with Crippen LogP contribution in [0.2, 0.25) is 0 Å². The second kappa shape index (κ2) is 6.02. The van der Waals surface area contributed by atoms with Gasteiger partial charge in [0, 0.05) is 6.92 Å². The van der Waals surface area contributed by atoms with E-state index in [2.05, 4.69) is 5.32 Å². The summed E-state index contributed by atoms with van der Waals surface area (Å²) in [5.41, 5.74) is 1.82. The highest BCUT2D eigenvalue weighted by Crippen LogP contribution is 2.25. The Morgan fingerprint density at radius 1 is 1.00 bits per heavy atom. The van der Waals surface area contributed by atoms with Gasteiger partial charge in [0.2, 0.25) is 5.91 Å². The quantitative estimate of drug-likeness (QED) is 0.687. The Hall–Kier alpha value is -2.62. The average molecular weight is 269 g/mol. The molecule has 0 unspecified atom stereocenters. The zero-order valence-corrected chi connectivity index (χ0v) is 11.3. The molecule has 0 radical (unpaired) electrons. The molecule has 20 heavy (non-hydrogen) atoms. The molecular formula is C16H15NO3. The van der Waals surface area contributed by atoms with E-state index in [9.17, 15) is 9.59 Å². The monoisotopic (exact) mass is 269 g/mol. The van der Waals surface area contributed by atoms with Crippen molar-refractivity contribution in [1.29, 1.82) is 0 Å². The van der Waals surface area contributed by atoms with E-state index in [1.165, 1.54) is 6.92 Å². The summed E-state index contributed by atoms with van der Waals surface area (Å²) < 4.78 is 5.36. The third kappa shape index (κ3) is 3.23. The molecule has 0 spiro atoms. The minimum absolute atomic E-state index is 0.218. The van der Waals surface area contributed by atoms with Crippen molar-refractivity contribution in [2.24, 2.45) is 0 Å². The van der Waals surface area contributed by atoms with Gasteiger partial charge in [0.25, 0.3) is 0 Å². The standard InChI is InChI=1S/C16H15NO3/c1-11-7-3-4-8-13(11)16(19)20-15-10-6-5-9-14(15)17-12(2)18/h3-10H,1-2H3,(H,17,18). The van der Waals surface area contributed by atoms with Gasteiger partial charge in [-0.1, -0.05) is 30.3 Å². The van der Waals surface area contributed by atoms with Crippen molar-refractivity contribution in [3.05, 3.63) is 59.7 Å². The first-order chi connectivity index (χ1) is 9.58. The maximum atomic E-state index is 12.1. The zero-order chi connectivity index (χ0) is 14.5. The van der Waals surface area contributed by atoms with Gasteiger partial charge in [0.1, 0.15) is 0 Å². The number of carbonyl (C=O) groups is 2. The lowest BCUT2D eigenvalue weighted by Crippen LogP contribution is -2.13. The van der Waals surface area contributed by atoms with Gasteiger partial charge in [0.05, 0.1) is 11.3 Å². The van der Waals surface area contributed by atoms with Gasteiger partial charge < -0.3 is 10.1 Å². The SMILES string of the molecule is CC(=O)Nc1ccccc1OC(=O)c1ccccc1C. The lowest BCUT2D eigenvalue weighted by molar-refractivity contribution is -0.114. The van der Waals surface area contributed by atoms with Crippen LogP contribution in [0.25, 0.3) is 0 Å². The summed E-state index contributed by atoms with van der Waals surface area (Å²) in [6.45, 7) is 3.25. The molecule has 0 fully saturated rings. The number of anilines is 1. The molecule has 0 bridgehead atoms. The van der Waals surface area contributed by atoms with Crippen LogP contribution in [0.4, 0.5) is 5.69 Å². The third-order valence-electron chi connectivity index (χ3n) is 2.77. The summed E-state index contributed by atoms with van der Waals surface area (Å²) in [4.78, 5) is 23.3. The van der Waals surface area contributed by atoms with E-state index in [1.54, 1.807) is 36.4 Å². The van der Waals surface area contributed by atoms with Crippen LogP contribution in [0.3, 0.4) is 0 Å². The maximum absolute atomic E-state index is 12.1. The van der Waals surface area contributed by atoms with Crippen molar-refractivity contribution in [1.82, 2.24) is 0 Å². The van der Waals surface area contributed by atoms with Gasteiger partial charge in [-0.2, -0.15) is 0 Å². The first-order valence-corrected chi connectivity index (χ1v) is 6.22. The first kappa shape index (κ1) is 13.8. The van der Waals surface area contributed by atoms with Gasteiger partial charge in [-0.15, -0.1) is 0 Å². The lowest BCUT2D eigenvalue weighted by atomic mass is 10.1. The fourth-order valence-corrected chi connectivity index (χ4v) is 1.81. The van der Waals surface area contributed by atoms with Crippen LogP contribution in [-0.2, 0) is 4.79 Å². The summed E-state index contributed by atoms with van der Waals surface area (Å²) in [6, 6.07) is 14.0. The van der Waals surface area contributed by atoms with E-state index in [0.29, 0.717) is 17.0 Å². The number of nitrogens with one attached hydrogen (secondary N) is 1. The van der Waals surface area contributed by atoms with Gasteiger partial charge in [0.15, 0.2) is 5.75 Å². The highest BCUT2D eigenvalue weighted by molar-refractivity contribution is 5.95. The van der Waals surface area contributed by atoms with Crippen molar-refractivity contribution in [2.45, 2.75) is 13.8 Å². The molecule has 0 aliphatic rings. The fraction of sp³-hybridized carbons (Fsp3) is 0.125. The lowest BCUT2D eigenvalue weighted by Gasteiger charge is -2.11. The first-order valence-electron chi connectivity index (χ1n) is 6.22. The zero-order valence-electron chi connectivity index (χ0n) is 11.3. The van der Waals surface area contributed by atoms with Crippen molar-refractivity contribution in [3.63, 3.8) is 0 Å². The predicted molar refractivity (Wildman–Crippen MR) is 76.9 cm³/mol. The second-order valence-corrected chi connectivity index (χ2v) is 4.38. The van der Waals surface area contributed by atoms with Gasteiger partial charge in [-0.25, -0.2) is 4.79 Å². The topological polar surface area (TPSA) is 55.4 Å². The minimum atomic E-state index is -0.444. The average Bonchev–Trinajstić information content (AvgIpc) is 2.41. The highest BCUT2D eigenvalue weighted by atomic mass is 16.5. The molecule has 0 aliphatic heterocycles. The summed E-state index contributed by atoms with van der Waals surface area (Å²) in [5.74, 6) is -0.332. The van der Waals surface area contributed by atoms with Crippen molar-refractivity contribution in [3.8, 4) is 5.75 Å². The summed E-state index contributed by atoms with van der Waals surface area (Å²) in [5, 5.41) is 2.63. The molecule has 1 N–H and O–H groups in total. The number of rotatable bonds is 3. The molecule has 2 aromatic carbocycles. The predicted octanol–water partition coefficient (Wildman–Crippen LogP) is 3.17. The van der Waals surface area contributed by atoms with Gasteiger partial charge >= 0.3 is 5.97 Å². The van der Waals surface area contributed by atoms with Crippen LogP contribution in [0, 0.1) is 6.92 Å². The van der Waals surface area contributed by atoms with Crippen LogP contribution in [0.15, 0.2) is 48.5 Å². The molecule has 0 saturated heterocycles. The Morgan fingerprint density at radius 3 is 2.35 bits per heavy atom. The Kier molecular flexibility index (Phi) is 4.15. The number of hydrogen-bond donors (Lipinski definition) is 1. The third-order valence-corrected chi connectivity index (χ3v) is 2.77. The smallest absolute Gasteiger partial charge is 0.343 e. The molecule has 2 aromatic rings. The second-order valence-electron chi connectivity index (χ2n) is 4.38. The Labute approximate surface area is 117 Å². The normalized spacial score (nSPS) is 9.90. The molecule has 0 saturated carbocycles. The molecular weight excluding hydrogens is 254 g/mol. The number of para-hydroxylation sites is 2. The molecule has 102 valence electrons. The molecule has 0 heterocycles. The van der Waals surface area contributed by atoms with Crippen LogP contribution in [0.1, 0.15) is 22.8 Å². The molecule has 1 amide bonds. The number of benzene rings is 2. The molecule has 0 aromatic heterocycles. The maximum Gasteiger partial charge on any atom is 0.343 e. The van der Waals surface area contributed by atoms with E-state index >= 15 is 0 Å². The van der Waals surface area contributed by atoms with Crippen molar-refractivity contribution in [2.75, 3.05) is 5.32 Å². The summed E-state index contributed by atoms with van der Waals surface area (Å²) in [7, 11) is 0. The van der Waals surface area contributed by atoms with Crippen molar-refractivity contribution < 1.29 is 14.3 Å².